The van der Waals surface area contributed by atoms with Crippen LogP contribution in [0, 0.1) is 0 Å². The quantitative estimate of drug-likeness (QED) is 0.173. The minimum absolute atomic E-state index is 0.572. The van der Waals surface area contributed by atoms with Gasteiger partial charge in [-0.05, 0) is 48.5 Å². The number of benzene rings is 9. The van der Waals surface area contributed by atoms with E-state index in [0.717, 1.165) is 72.1 Å². The highest BCUT2D eigenvalue weighted by Crippen LogP contribution is 2.45. The first-order chi connectivity index (χ1) is 31.7. The molecule has 0 saturated heterocycles. The Morgan fingerprint density at radius 2 is 0.906 bits per heavy atom. The summed E-state index contributed by atoms with van der Waals surface area (Å²) in [6.07, 6.45) is 0. The number of furan rings is 1. The molecule has 14 aromatic rings. The molecule has 0 radical (unpaired) electrons. The Balaban J connectivity index is 1.10. The minimum atomic E-state index is 0.572. The molecule has 0 N–H and O–H groups in total. The number of para-hydroxylation sites is 4. The molecular formula is C57H33N5OS. The van der Waals surface area contributed by atoms with Crippen molar-refractivity contribution in [2.75, 3.05) is 0 Å². The number of aromatic nitrogens is 5. The van der Waals surface area contributed by atoms with Gasteiger partial charge < -0.3 is 13.6 Å². The zero-order chi connectivity index (χ0) is 41.9. The summed E-state index contributed by atoms with van der Waals surface area (Å²) in [5.41, 5.74) is 10.8. The molecule has 0 aliphatic carbocycles. The maximum atomic E-state index is 6.82. The highest BCUT2D eigenvalue weighted by Gasteiger charge is 2.24. The van der Waals surface area contributed by atoms with Gasteiger partial charge in [-0.25, -0.2) is 15.0 Å². The molecule has 0 amide bonds. The summed E-state index contributed by atoms with van der Waals surface area (Å²) in [5, 5.41) is 9.17. The van der Waals surface area contributed by atoms with E-state index in [1.54, 1.807) is 11.3 Å². The van der Waals surface area contributed by atoms with Gasteiger partial charge in [-0.1, -0.05) is 146 Å². The van der Waals surface area contributed by atoms with Crippen LogP contribution in [0.3, 0.4) is 0 Å². The van der Waals surface area contributed by atoms with E-state index >= 15 is 0 Å². The van der Waals surface area contributed by atoms with Gasteiger partial charge >= 0.3 is 0 Å². The van der Waals surface area contributed by atoms with E-state index in [0.29, 0.717) is 17.5 Å². The number of hydrogen-bond acceptors (Lipinski definition) is 5. The Labute approximate surface area is 369 Å². The largest absolute Gasteiger partial charge is 0.456 e. The number of nitrogens with zero attached hydrogens (tertiary/aromatic N) is 5. The van der Waals surface area contributed by atoms with E-state index in [-0.39, 0.29) is 0 Å². The molecule has 0 spiro atoms. The van der Waals surface area contributed by atoms with E-state index in [2.05, 4.69) is 179 Å². The van der Waals surface area contributed by atoms with Crippen LogP contribution >= 0.6 is 11.3 Å². The smallest absolute Gasteiger partial charge is 0.164 e. The van der Waals surface area contributed by atoms with Crippen LogP contribution in [0.15, 0.2) is 205 Å². The Morgan fingerprint density at radius 1 is 0.359 bits per heavy atom. The zero-order valence-corrected chi connectivity index (χ0v) is 34.9. The topological polar surface area (TPSA) is 61.7 Å². The minimum Gasteiger partial charge on any atom is -0.456 e. The van der Waals surface area contributed by atoms with Crippen molar-refractivity contribution < 1.29 is 4.42 Å². The standard InChI is InChI=1S/C57H33N5OS/c1-3-15-34(16-4-1)55-58-56(35-27-28-41-40-21-10-14-26-50(40)64-51(41)31-35)60-57(59-55)45-32-37(33-49-52(45)44-22-9-13-25-48(44)63-49)62-47-24-12-8-20-39(47)43-30-29-42-38-19-7-11-23-46(38)61(53(42)54(43)62)36-17-5-2-6-18-36/h1-33H. The Bertz CT molecular complexity index is 4200. The number of fused-ring (bicyclic) bond motifs is 13. The van der Waals surface area contributed by atoms with Crippen molar-refractivity contribution in [2.24, 2.45) is 0 Å². The highest BCUT2D eigenvalue weighted by molar-refractivity contribution is 7.25. The first-order valence-electron chi connectivity index (χ1n) is 21.4. The van der Waals surface area contributed by atoms with Crippen LogP contribution in [0.1, 0.15) is 0 Å². The average Bonchev–Trinajstić information content (AvgIpc) is 4.11. The third-order valence-corrected chi connectivity index (χ3v) is 13.9. The summed E-state index contributed by atoms with van der Waals surface area (Å²) in [6.45, 7) is 0. The lowest BCUT2D eigenvalue weighted by molar-refractivity contribution is 0.668. The molecule has 0 saturated carbocycles. The Hall–Kier alpha value is -8.39. The SMILES string of the molecule is c1ccc(-c2nc(-c3ccc4c(c3)sc3ccccc34)nc(-c3cc(-n4c5ccccc5c5ccc6c7ccccc7n(-c7ccccc7)c6c54)cc4oc5ccccc5c34)n2)cc1. The molecule has 0 bridgehead atoms. The monoisotopic (exact) mass is 835 g/mol. The average molecular weight is 836 g/mol. The van der Waals surface area contributed by atoms with Crippen LogP contribution < -0.4 is 0 Å². The molecule has 5 aromatic heterocycles. The molecule has 0 fully saturated rings. The fourth-order valence-electron chi connectivity index (χ4n) is 9.97. The molecule has 7 heteroatoms. The van der Waals surface area contributed by atoms with E-state index in [4.69, 9.17) is 19.4 Å². The normalized spacial score (nSPS) is 12.1. The van der Waals surface area contributed by atoms with Gasteiger partial charge in [-0.3, -0.25) is 0 Å². The third-order valence-electron chi connectivity index (χ3n) is 12.7. The molecule has 0 atom stereocenters. The second-order valence-corrected chi connectivity index (χ2v) is 17.4. The molecule has 5 heterocycles. The zero-order valence-electron chi connectivity index (χ0n) is 34.1. The first kappa shape index (κ1) is 35.2. The van der Waals surface area contributed by atoms with Crippen molar-refractivity contribution in [3.05, 3.63) is 200 Å². The molecule has 9 aromatic carbocycles. The van der Waals surface area contributed by atoms with Crippen LogP contribution in [-0.2, 0) is 0 Å². The van der Waals surface area contributed by atoms with Crippen LogP contribution in [0.2, 0.25) is 0 Å². The lowest BCUT2D eigenvalue weighted by Gasteiger charge is -2.14. The van der Waals surface area contributed by atoms with Crippen LogP contribution in [-0.4, -0.2) is 24.1 Å². The van der Waals surface area contributed by atoms with Crippen LogP contribution in [0.4, 0.5) is 0 Å². The Kier molecular flexibility index (Phi) is 7.46. The van der Waals surface area contributed by atoms with E-state index in [1.165, 1.54) is 41.7 Å². The summed E-state index contributed by atoms with van der Waals surface area (Å²) in [4.78, 5) is 15.9. The second kappa shape index (κ2) is 13.6. The van der Waals surface area contributed by atoms with Gasteiger partial charge in [-0.2, -0.15) is 0 Å². The van der Waals surface area contributed by atoms with Crippen molar-refractivity contribution >= 4 is 97.1 Å². The molecular weight excluding hydrogens is 803 g/mol. The molecule has 0 aliphatic heterocycles. The van der Waals surface area contributed by atoms with Gasteiger partial charge in [0.2, 0.25) is 0 Å². The van der Waals surface area contributed by atoms with Crippen molar-refractivity contribution in [1.29, 1.82) is 0 Å². The maximum Gasteiger partial charge on any atom is 0.164 e. The molecule has 14 rings (SSSR count). The van der Waals surface area contributed by atoms with Gasteiger partial charge in [0.05, 0.1) is 27.8 Å². The fraction of sp³-hybridized carbons (Fsp3) is 0. The molecule has 0 unspecified atom stereocenters. The van der Waals surface area contributed by atoms with Gasteiger partial charge in [0.25, 0.3) is 0 Å². The molecule has 64 heavy (non-hydrogen) atoms. The van der Waals surface area contributed by atoms with Gasteiger partial charge in [-0.15, -0.1) is 11.3 Å². The van der Waals surface area contributed by atoms with Gasteiger partial charge in [0.1, 0.15) is 11.2 Å². The van der Waals surface area contributed by atoms with E-state index in [9.17, 15) is 0 Å². The summed E-state index contributed by atoms with van der Waals surface area (Å²) in [5.74, 6) is 1.79. The molecule has 298 valence electrons. The lowest BCUT2D eigenvalue weighted by atomic mass is 10.0. The first-order valence-corrected chi connectivity index (χ1v) is 22.3. The van der Waals surface area contributed by atoms with Crippen molar-refractivity contribution in [3.63, 3.8) is 0 Å². The summed E-state index contributed by atoms with van der Waals surface area (Å²) >= 11 is 1.79. The summed E-state index contributed by atoms with van der Waals surface area (Å²) in [6, 6.07) is 70.7. The molecule has 0 aliphatic rings. The lowest BCUT2D eigenvalue weighted by Crippen LogP contribution is -2.02. The van der Waals surface area contributed by atoms with Crippen LogP contribution in [0.5, 0.6) is 0 Å². The van der Waals surface area contributed by atoms with Gasteiger partial charge in [0, 0.05) is 80.9 Å². The number of rotatable bonds is 5. The maximum absolute atomic E-state index is 6.82. The third kappa shape index (κ3) is 5.16. The predicted molar refractivity (Wildman–Crippen MR) is 265 cm³/mol. The number of thiophene rings is 1. The molecule has 6 nitrogen and oxygen atoms in total. The fourth-order valence-corrected chi connectivity index (χ4v) is 11.1. The second-order valence-electron chi connectivity index (χ2n) is 16.3. The van der Waals surface area contributed by atoms with Crippen LogP contribution in [0.25, 0.3) is 131 Å². The van der Waals surface area contributed by atoms with Crippen molar-refractivity contribution in [2.45, 2.75) is 0 Å². The van der Waals surface area contributed by atoms with Crippen molar-refractivity contribution in [3.8, 4) is 45.5 Å². The summed E-state index contributed by atoms with van der Waals surface area (Å²) in [7, 11) is 0. The Morgan fingerprint density at radius 3 is 1.64 bits per heavy atom. The van der Waals surface area contributed by atoms with E-state index < -0.39 is 0 Å². The number of hydrogen-bond donors (Lipinski definition) is 0. The predicted octanol–water partition coefficient (Wildman–Crippen LogP) is 15.3. The summed E-state index contributed by atoms with van der Waals surface area (Å²) < 4.78 is 14.1. The van der Waals surface area contributed by atoms with Crippen molar-refractivity contribution in [1.82, 2.24) is 24.1 Å². The van der Waals surface area contributed by atoms with Gasteiger partial charge in [0.15, 0.2) is 17.5 Å². The highest BCUT2D eigenvalue weighted by atomic mass is 32.1. The van der Waals surface area contributed by atoms with E-state index in [1.807, 2.05) is 30.3 Å².